The maximum absolute atomic E-state index is 11.5. The topological polar surface area (TPSA) is 129 Å². The zero-order chi connectivity index (χ0) is 19.0. The molecule has 1 rings (SSSR count). The minimum absolute atomic E-state index is 0.275. The number of nitrogens with two attached hydrogens (primary N) is 2. The first kappa shape index (κ1) is 20.1. The van der Waals surface area contributed by atoms with E-state index < -0.39 is 17.6 Å². The number of ether oxygens (including phenoxy) is 2. The quantitative estimate of drug-likeness (QED) is 0.439. The van der Waals surface area contributed by atoms with E-state index in [1.807, 2.05) is 6.08 Å². The molecule has 0 aliphatic heterocycles. The smallest absolute Gasteiger partial charge is 0.407 e. The molecule has 0 saturated carbocycles. The van der Waals surface area contributed by atoms with Crippen LogP contribution in [-0.4, -0.2) is 37.8 Å². The van der Waals surface area contributed by atoms with Crippen molar-refractivity contribution in [3.8, 4) is 5.75 Å². The number of nitrogen functional groups attached to an aromatic ring is 1. The van der Waals surface area contributed by atoms with Crippen molar-refractivity contribution < 1.29 is 19.1 Å². The molecule has 0 heterocycles. The third kappa shape index (κ3) is 7.03. The molecule has 138 valence electrons. The lowest BCUT2D eigenvalue weighted by molar-refractivity contribution is 0.0534. The second kappa shape index (κ2) is 8.81. The molecule has 0 bridgehead atoms. The number of hydrogen-bond donors (Lipinski definition) is 4. The number of primary amides is 1. The van der Waals surface area contributed by atoms with Crippen LogP contribution in [0.2, 0.25) is 0 Å². The maximum atomic E-state index is 11.5. The van der Waals surface area contributed by atoms with E-state index in [0.717, 1.165) is 0 Å². The third-order valence-corrected chi connectivity index (χ3v) is 2.96. The van der Waals surface area contributed by atoms with Gasteiger partial charge in [0.25, 0.3) is 0 Å². The summed E-state index contributed by atoms with van der Waals surface area (Å²) < 4.78 is 10.3. The van der Waals surface area contributed by atoms with Gasteiger partial charge in [0.2, 0.25) is 5.91 Å². The van der Waals surface area contributed by atoms with E-state index in [9.17, 15) is 9.59 Å². The average Bonchev–Trinajstić information content (AvgIpc) is 2.49. The summed E-state index contributed by atoms with van der Waals surface area (Å²) in [5, 5.41) is 5.71. The number of amides is 2. The molecule has 0 atom stereocenters. The van der Waals surface area contributed by atoms with Gasteiger partial charge in [0, 0.05) is 18.7 Å². The standard InChI is InChI=1S/C17H26N4O4/c1-17(2,3)25-16(23)21-8-6-5-7-20-14-12(18)9-11(15(19)22)10-13(14)24-4/h5-6,9-10,20H,7-8,18H2,1-4H3,(H2,19,22)(H,21,23). The molecule has 1 aromatic rings. The van der Waals surface area contributed by atoms with E-state index in [1.54, 1.807) is 26.8 Å². The maximum Gasteiger partial charge on any atom is 0.407 e. The zero-order valence-corrected chi connectivity index (χ0v) is 15.0. The number of alkyl carbamates (subject to hydrolysis) is 1. The Hall–Kier alpha value is -2.90. The summed E-state index contributed by atoms with van der Waals surface area (Å²) in [5.41, 5.74) is 11.8. The Morgan fingerprint density at radius 1 is 1.20 bits per heavy atom. The highest BCUT2D eigenvalue weighted by molar-refractivity contribution is 5.96. The van der Waals surface area contributed by atoms with Gasteiger partial charge >= 0.3 is 6.09 Å². The highest BCUT2D eigenvalue weighted by Crippen LogP contribution is 2.32. The largest absolute Gasteiger partial charge is 0.494 e. The van der Waals surface area contributed by atoms with E-state index >= 15 is 0 Å². The first-order valence-electron chi connectivity index (χ1n) is 7.77. The van der Waals surface area contributed by atoms with Crippen molar-refractivity contribution >= 4 is 23.4 Å². The highest BCUT2D eigenvalue weighted by atomic mass is 16.6. The Morgan fingerprint density at radius 2 is 1.84 bits per heavy atom. The number of rotatable bonds is 7. The number of carbonyl (C=O) groups is 2. The van der Waals surface area contributed by atoms with Gasteiger partial charge in [-0.3, -0.25) is 4.79 Å². The summed E-state index contributed by atoms with van der Waals surface area (Å²) in [7, 11) is 1.48. The van der Waals surface area contributed by atoms with Crippen LogP contribution in [0.4, 0.5) is 16.2 Å². The Balaban J connectivity index is 2.53. The molecule has 0 unspecified atom stereocenters. The van der Waals surface area contributed by atoms with Crippen molar-refractivity contribution in [2.45, 2.75) is 26.4 Å². The van der Waals surface area contributed by atoms with Crippen LogP contribution in [0, 0.1) is 0 Å². The van der Waals surface area contributed by atoms with Crippen molar-refractivity contribution in [1.29, 1.82) is 0 Å². The average molecular weight is 350 g/mol. The van der Waals surface area contributed by atoms with Gasteiger partial charge in [0.15, 0.2) is 0 Å². The molecule has 1 aromatic carbocycles. The third-order valence-electron chi connectivity index (χ3n) is 2.96. The molecular weight excluding hydrogens is 324 g/mol. The summed E-state index contributed by atoms with van der Waals surface area (Å²) in [6.45, 7) is 6.19. The van der Waals surface area contributed by atoms with Crippen LogP contribution in [0.1, 0.15) is 31.1 Å². The zero-order valence-electron chi connectivity index (χ0n) is 15.0. The van der Waals surface area contributed by atoms with E-state index in [0.29, 0.717) is 30.2 Å². The number of methoxy groups -OCH3 is 1. The fourth-order valence-electron chi connectivity index (χ4n) is 1.91. The fraction of sp³-hybridized carbons (Fsp3) is 0.412. The van der Waals surface area contributed by atoms with Gasteiger partial charge in [0.05, 0.1) is 12.8 Å². The summed E-state index contributed by atoms with van der Waals surface area (Å²) in [6, 6.07) is 3.01. The molecule has 0 radical (unpaired) electrons. The lowest BCUT2D eigenvalue weighted by Gasteiger charge is -2.19. The molecule has 0 aromatic heterocycles. The molecule has 2 amide bonds. The van der Waals surface area contributed by atoms with Crippen molar-refractivity contribution in [3.05, 3.63) is 29.8 Å². The first-order chi connectivity index (χ1) is 11.6. The summed E-state index contributed by atoms with van der Waals surface area (Å²) in [4.78, 5) is 22.7. The van der Waals surface area contributed by atoms with Gasteiger partial charge in [-0.1, -0.05) is 12.2 Å². The molecule has 0 aliphatic carbocycles. The highest BCUT2D eigenvalue weighted by Gasteiger charge is 2.15. The van der Waals surface area contributed by atoms with Crippen LogP contribution in [0.3, 0.4) is 0 Å². The van der Waals surface area contributed by atoms with Gasteiger partial charge in [-0.2, -0.15) is 0 Å². The Labute approximate surface area is 147 Å². The predicted molar refractivity (Wildman–Crippen MR) is 97.8 cm³/mol. The van der Waals surface area contributed by atoms with Crippen LogP contribution in [0.15, 0.2) is 24.3 Å². The van der Waals surface area contributed by atoms with Crippen LogP contribution in [0.25, 0.3) is 0 Å². The van der Waals surface area contributed by atoms with Crippen LogP contribution < -0.4 is 26.8 Å². The lowest BCUT2D eigenvalue weighted by atomic mass is 10.1. The van der Waals surface area contributed by atoms with E-state index in [-0.39, 0.29) is 5.56 Å². The van der Waals surface area contributed by atoms with Crippen LogP contribution >= 0.6 is 0 Å². The molecule has 0 fully saturated rings. The summed E-state index contributed by atoms with van der Waals surface area (Å²) >= 11 is 0. The molecule has 8 nitrogen and oxygen atoms in total. The second-order valence-electron chi connectivity index (χ2n) is 6.24. The molecule has 0 aliphatic rings. The molecule has 25 heavy (non-hydrogen) atoms. The molecule has 0 saturated heterocycles. The molecule has 8 heteroatoms. The minimum Gasteiger partial charge on any atom is -0.494 e. The Bertz CT molecular complexity index is 651. The number of carbonyl (C=O) groups excluding carboxylic acids is 2. The van der Waals surface area contributed by atoms with Crippen molar-refractivity contribution in [2.24, 2.45) is 5.73 Å². The number of anilines is 2. The van der Waals surface area contributed by atoms with Crippen molar-refractivity contribution in [3.63, 3.8) is 0 Å². The summed E-state index contributed by atoms with van der Waals surface area (Å²) in [6.07, 6.45) is 3.12. The SMILES string of the molecule is COc1cc(C(N)=O)cc(N)c1NCC=CCNC(=O)OC(C)(C)C. The van der Waals surface area contributed by atoms with E-state index in [4.69, 9.17) is 20.9 Å². The predicted octanol–water partition coefficient (Wildman–Crippen LogP) is 1.87. The minimum atomic E-state index is -0.579. The Morgan fingerprint density at radius 3 is 2.40 bits per heavy atom. The van der Waals surface area contributed by atoms with Crippen LogP contribution in [0.5, 0.6) is 5.75 Å². The van der Waals surface area contributed by atoms with E-state index in [2.05, 4.69) is 10.6 Å². The number of hydrogen-bond acceptors (Lipinski definition) is 6. The van der Waals surface area contributed by atoms with Crippen LogP contribution in [-0.2, 0) is 4.74 Å². The van der Waals surface area contributed by atoms with Gasteiger partial charge in [-0.15, -0.1) is 0 Å². The van der Waals surface area contributed by atoms with E-state index in [1.165, 1.54) is 19.2 Å². The van der Waals surface area contributed by atoms with Gasteiger partial charge in [0.1, 0.15) is 17.0 Å². The lowest BCUT2D eigenvalue weighted by Crippen LogP contribution is -2.32. The molecular formula is C17H26N4O4. The fourth-order valence-corrected chi connectivity index (χ4v) is 1.91. The number of benzene rings is 1. The molecule has 6 N–H and O–H groups in total. The molecule has 0 spiro atoms. The number of nitrogens with one attached hydrogen (secondary N) is 2. The van der Waals surface area contributed by atoms with Crippen molar-refractivity contribution in [1.82, 2.24) is 5.32 Å². The normalized spacial score (nSPS) is 11.2. The first-order valence-corrected chi connectivity index (χ1v) is 7.77. The van der Waals surface area contributed by atoms with Crippen molar-refractivity contribution in [2.75, 3.05) is 31.2 Å². The Kier molecular flexibility index (Phi) is 7.10. The second-order valence-corrected chi connectivity index (χ2v) is 6.24. The van der Waals surface area contributed by atoms with Gasteiger partial charge in [-0.05, 0) is 32.9 Å². The monoisotopic (exact) mass is 350 g/mol. The summed E-state index contributed by atoms with van der Waals surface area (Å²) in [5.74, 6) is -0.154. The van der Waals surface area contributed by atoms with Gasteiger partial charge < -0.3 is 31.6 Å². The van der Waals surface area contributed by atoms with Gasteiger partial charge in [-0.25, -0.2) is 4.79 Å².